The molecule has 3 fully saturated rings. The zero-order valence-corrected chi connectivity index (χ0v) is 10.9. The molecule has 3 saturated heterocycles. The van der Waals surface area contributed by atoms with Crippen molar-refractivity contribution >= 4 is 11.8 Å². The third kappa shape index (κ3) is 1.90. The minimum absolute atomic E-state index is 0.0337. The maximum Gasteiger partial charge on any atom is 0.229 e. The molecule has 2 amide bonds. The third-order valence-corrected chi connectivity index (χ3v) is 4.61. The first-order valence-corrected chi connectivity index (χ1v) is 6.72. The predicted octanol–water partition coefficient (Wildman–Crippen LogP) is 0.104. The van der Waals surface area contributed by atoms with E-state index >= 15 is 0 Å². The van der Waals surface area contributed by atoms with Crippen molar-refractivity contribution in [1.82, 2.24) is 9.80 Å². The van der Waals surface area contributed by atoms with Crippen LogP contribution in [0.1, 0.15) is 19.8 Å². The van der Waals surface area contributed by atoms with E-state index in [1.165, 1.54) is 0 Å². The van der Waals surface area contributed by atoms with E-state index in [1.807, 2.05) is 4.90 Å². The number of carbonyl (C=O) groups excluding carboxylic acids is 2. The molecular formula is C13H20N2O3. The van der Waals surface area contributed by atoms with E-state index in [0.29, 0.717) is 13.1 Å². The number of hydrogen-bond acceptors (Lipinski definition) is 3. The minimum Gasteiger partial charge on any atom is -0.381 e. The number of amides is 2. The van der Waals surface area contributed by atoms with E-state index in [4.69, 9.17) is 4.74 Å². The summed E-state index contributed by atoms with van der Waals surface area (Å²) in [6.07, 6.45) is 2.16. The topological polar surface area (TPSA) is 49.9 Å². The highest BCUT2D eigenvalue weighted by Crippen LogP contribution is 2.39. The first-order valence-electron chi connectivity index (χ1n) is 6.72. The summed E-state index contributed by atoms with van der Waals surface area (Å²) in [5.74, 6) is 0.337. The molecule has 0 aromatic carbocycles. The molecule has 0 N–H and O–H groups in total. The lowest BCUT2D eigenvalue weighted by atomic mass is 9.87. The number of nitrogens with zero attached hydrogens (tertiary/aromatic N) is 2. The van der Waals surface area contributed by atoms with E-state index in [1.54, 1.807) is 11.8 Å². The minimum atomic E-state index is 0.0337. The lowest BCUT2D eigenvalue weighted by Crippen LogP contribution is -2.55. The van der Waals surface area contributed by atoms with Crippen molar-refractivity contribution in [3.05, 3.63) is 0 Å². The maximum atomic E-state index is 12.3. The second-order valence-electron chi connectivity index (χ2n) is 5.93. The molecule has 1 atom stereocenters. The van der Waals surface area contributed by atoms with Crippen LogP contribution in [0.15, 0.2) is 0 Å². The van der Waals surface area contributed by atoms with Crippen molar-refractivity contribution < 1.29 is 14.3 Å². The Bertz CT molecular complexity index is 370. The van der Waals surface area contributed by atoms with E-state index in [-0.39, 0.29) is 23.1 Å². The van der Waals surface area contributed by atoms with Crippen LogP contribution in [0.2, 0.25) is 0 Å². The smallest absolute Gasteiger partial charge is 0.229 e. The van der Waals surface area contributed by atoms with Crippen molar-refractivity contribution in [3.8, 4) is 0 Å². The number of rotatable bonds is 1. The Morgan fingerprint density at radius 3 is 2.61 bits per heavy atom. The van der Waals surface area contributed by atoms with Gasteiger partial charge in [-0.15, -0.1) is 0 Å². The van der Waals surface area contributed by atoms with Gasteiger partial charge < -0.3 is 14.5 Å². The monoisotopic (exact) mass is 252 g/mol. The molecule has 0 bridgehead atoms. The molecule has 3 aliphatic rings. The Morgan fingerprint density at radius 1 is 1.22 bits per heavy atom. The van der Waals surface area contributed by atoms with E-state index in [9.17, 15) is 9.59 Å². The molecule has 0 aromatic rings. The highest BCUT2D eigenvalue weighted by molar-refractivity contribution is 5.84. The molecule has 5 heteroatoms. The fourth-order valence-corrected chi connectivity index (χ4v) is 3.24. The lowest BCUT2D eigenvalue weighted by molar-refractivity contribution is -0.146. The van der Waals surface area contributed by atoms with E-state index in [0.717, 1.165) is 39.1 Å². The third-order valence-electron chi connectivity index (χ3n) is 4.61. The molecule has 3 heterocycles. The number of ether oxygens (including phenoxy) is 1. The molecule has 0 saturated carbocycles. The SMILES string of the molecule is CC(=O)N1CC(C(=O)N2CCC3(CCOC3)C2)C1. The van der Waals surface area contributed by atoms with Gasteiger partial charge in [-0.2, -0.15) is 0 Å². The summed E-state index contributed by atoms with van der Waals surface area (Å²) in [6.45, 7) is 6.12. The molecule has 100 valence electrons. The molecule has 0 radical (unpaired) electrons. The highest BCUT2D eigenvalue weighted by atomic mass is 16.5. The number of hydrogen-bond donors (Lipinski definition) is 0. The Labute approximate surface area is 107 Å². The molecule has 5 nitrogen and oxygen atoms in total. The van der Waals surface area contributed by atoms with Crippen molar-refractivity contribution in [2.75, 3.05) is 39.4 Å². The second kappa shape index (κ2) is 4.23. The fraction of sp³-hybridized carbons (Fsp3) is 0.846. The zero-order valence-electron chi connectivity index (χ0n) is 10.9. The highest BCUT2D eigenvalue weighted by Gasteiger charge is 2.45. The van der Waals surface area contributed by atoms with Gasteiger partial charge in [0, 0.05) is 45.1 Å². The van der Waals surface area contributed by atoms with Crippen LogP contribution >= 0.6 is 0 Å². The Morgan fingerprint density at radius 2 is 2.00 bits per heavy atom. The van der Waals surface area contributed by atoms with Gasteiger partial charge in [0.2, 0.25) is 11.8 Å². The molecule has 0 aromatic heterocycles. The van der Waals surface area contributed by atoms with Crippen LogP contribution in [-0.4, -0.2) is 61.0 Å². The van der Waals surface area contributed by atoms with Crippen LogP contribution in [0.4, 0.5) is 0 Å². The van der Waals surface area contributed by atoms with Crippen molar-refractivity contribution in [1.29, 1.82) is 0 Å². The second-order valence-corrected chi connectivity index (χ2v) is 5.93. The van der Waals surface area contributed by atoms with Gasteiger partial charge in [-0.1, -0.05) is 0 Å². The van der Waals surface area contributed by atoms with Gasteiger partial charge in [0.1, 0.15) is 0 Å². The average molecular weight is 252 g/mol. The van der Waals surface area contributed by atoms with Gasteiger partial charge in [-0.3, -0.25) is 9.59 Å². The normalized spacial score (nSPS) is 32.1. The summed E-state index contributed by atoms with van der Waals surface area (Å²) in [5, 5.41) is 0. The summed E-state index contributed by atoms with van der Waals surface area (Å²) in [5.41, 5.74) is 0.236. The van der Waals surface area contributed by atoms with Crippen LogP contribution in [0.5, 0.6) is 0 Å². The molecule has 18 heavy (non-hydrogen) atoms. The van der Waals surface area contributed by atoms with Crippen molar-refractivity contribution in [2.24, 2.45) is 11.3 Å². The first-order chi connectivity index (χ1) is 8.60. The number of carbonyl (C=O) groups is 2. The quantitative estimate of drug-likeness (QED) is 0.665. The molecule has 1 spiro atoms. The van der Waals surface area contributed by atoms with Crippen molar-refractivity contribution in [3.63, 3.8) is 0 Å². The maximum absolute atomic E-state index is 12.3. The largest absolute Gasteiger partial charge is 0.381 e. The summed E-state index contributed by atoms with van der Waals surface area (Å²) in [7, 11) is 0. The fourth-order valence-electron chi connectivity index (χ4n) is 3.24. The Hall–Kier alpha value is -1.10. The van der Waals surface area contributed by atoms with Gasteiger partial charge >= 0.3 is 0 Å². The van der Waals surface area contributed by atoms with E-state index in [2.05, 4.69) is 0 Å². The van der Waals surface area contributed by atoms with Crippen molar-refractivity contribution in [2.45, 2.75) is 19.8 Å². The molecule has 1 unspecified atom stereocenters. The Balaban J connectivity index is 1.54. The lowest BCUT2D eigenvalue weighted by Gasteiger charge is -2.39. The summed E-state index contributed by atoms with van der Waals surface area (Å²) >= 11 is 0. The van der Waals surface area contributed by atoms with Crippen LogP contribution in [0.25, 0.3) is 0 Å². The zero-order chi connectivity index (χ0) is 12.8. The van der Waals surface area contributed by atoms with Crippen LogP contribution in [0.3, 0.4) is 0 Å². The predicted molar refractivity (Wildman–Crippen MR) is 64.8 cm³/mol. The van der Waals surface area contributed by atoms with Gasteiger partial charge in [0.15, 0.2) is 0 Å². The summed E-state index contributed by atoms with van der Waals surface area (Å²) < 4.78 is 5.47. The van der Waals surface area contributed by atoms with Crippen LogP contribution < -0.4 is 0 Å². The molecule has 3 aliphatic heterocycles. The van der Waals surface area contributed by atoms with Crippen LogP contribution in [-0.2, 0) is 14.3 Å². The number of likely N-dealkylation sites (tertiary alicyclic amines) is 2. The van der Waals surface area contributed by atoms with Gasteiger partial charge in [0.05, 0.1) is 12.5 Å². The standard InChI is InChI=1S/C13H20N2O3/c1-10(16)15-6-11(7-15)12(17)14-4-2-13(8-14)3-5-18-9-13/h11H,2-9H2,1H3. The molecule has 0 aliphatic carbocycles. The van der Waals surface area contributed by atoms with Gasteiger partial charge in [0.25, 0.3) is 0 Å². The first kappa shape index (κ1) is 12.0. The molecular weight excluding hydrogens is 232 g/mol. The Kier molecular flexibility index (Phi) is 2.81. The van der Waals surface area contributed by atoms with E-state index < -0.39 is 0 Å². The summed E-state index contributed by atoms with van der Waals surface area (Å²) in [4.78, 5) is 27.1. The molecule has 3 rings (SSSR count). The average Bonchev–Trinajstić information content (AvgIpc) is 2.87. The summed E-state index contributed by atoms with van der Waals surface area (Å²) in [6, 6.07) is 0. The van der Waals surface area contributed by atoms with Gasteiger partial charge in [-0.25, -0.2) is 0 Å². The van der Waals surface area contributed by atoms with Gasteiger partial charge in [-0.05, 0) is 12.8 Å². The van der Waals surface area contributed by atoms with Crippen LogP contribution in [0, 0.1) is 11.3 Å².